The summed E-state index contributed by atoms with van der Waals surface area (Å²) in [6.07, 6.45) is 2.74. The maximum absolute atomic E-state index is 15.5. The van der Waals surface area contributed by atoms with Crippen molar-refractivity contribution in [3.63, 3.8) is 0 Å². The number of likely N-dealkylation sites (N-methyl/N-ethyl adjacent to an activating group) is 1. The topological polar surface area (TPSA) is 62.5 Å². The number of carbonyl (C=O) groups is 1. The molecule has 2 heterocycles. The van der Waals surface area contributed by atoms with Crippen molar-refractivity contribution in [3.05, 3.63) is 39.7 Å². The van der Waals surface area contributed by atoms with Crippen LogP contribution >= 0.6 is 0 Å². The van der Waals surface area contributed by atoms with Crippen LogP contribution in [0, 0.1) is 11.6 Å². The number of carboxylic acids is 1. The molecule has 1 saturated heterocycles. The highest BCUT2D eigenvalue weighted by Crippen LogP contribution is 2.42. The van der Waals surface area contributed by atoms with Crippen LogP contribution in [0.1, 0.15) is 36.2 Å². The third-order valence-corrected chi connectivity index (χ3v) is 6.35. The molecule has 1 saturated carbocycles. The van der Waals surface area contributed by atoms with Crippen molar-refractivity contribution in [2.24, 2.45) is 0 Å². The predicted molar refractivity (Wildman–Crippen MR) is 102 cm³/mol. The van der Waals surface area contributed by atoms with Gasteiger partial charge in [-0.3, -0.25) is 4.79 Å². The molecule has 0 spiro atoms. The molecular formula is C20H24F2IN3O3. The fourth-order valence-electron chi connectivity index (χ4n) is 3.87. The maximum Gasteiger partial charge on any atom is 0.341 e. The van der Waals surface area contributed by atoms with Crippen molar-refractivity contribution >= 4 is 22.6 Å². The van der Waals surface area contributed by atoms with E-state index in [1.807, 2.05) is 21.1 Å². The van der Waals surface area contributed by atoms with Gasteiger partial charge < -0.3 is 43.0 Å². The van der Waals surface area contributed by atoms with Crippen LogP contribution in [-0.2, 0) is 0 Å². The van der Waals surface area contributed by atoms with E-state index in [1.165, 1.54) is 10.8 Å². The Morgan fingerprint density at radius 3 is 2.31 bits per heavy atom. The van der Waals surface area contributed by atoms with Crippen LogP contribution in [0.4, 0.5) is 14.5 Å². The number of nitrogens with zero attached hydrogens (tertiary/aromatic N) is 3. The van der Waals surface area contributed by atoms with Gasteiger partial charge in [0.25, 0.3) is 0 Å². The van der Waals surface area contributed by atoms with Crippen LogP contribution in [-0.4, -0.2) is 59.9 Å². The van der Waals surface area contributed by atoms with Crippen molar-refractivity contribution < 1.29 is 47.1 Å². The lowest BCUT2D eigenvalue weighted by Gasteiger charge is -2.55. The molecule has 2 fully saturated rings. The van der Waals surface area contributed by atoms with Crippen LogP contribution in [0.3, 0.4) is 0 Å². The fourth-order valence-corrected chi connectivity index (χ4v) is 3.87. The minimum Gasteiger partial charge on any atom is -1.00 e. The number of halogens is 3. The molecule has 1 aliphatic heterocycles. The van der Waals surface area contributed by atoms with Gasteiger partial charge in [0.2, 0.25) is 5.43 Å². The van der Waals surface area contributed by atoms with E-state index in [1.54, 1.807) is 4.90 Å². The highest BCUT2D eigenvalue weighted by molar-refractivity contribution is 5.94. The first-order chi connectivity index (χ1) is 12.9. The Morgan fingerprint density at radius 1 is 1.24 bits per heavy atom. The van der Waals surface area contributed by atoms with E-state index in [2.05, 4.69) is 6.92 Å². The van der Waals surface area contributed by atoms with Crippen LogP contribution < -0.4 is 34.3 Å². The zero-order chi connectivity index (χ0) is 20.6. The fraction of sp³-hybridized carbons (Fsp3) is 0.500. The van der Waals surface area contributed by atoms with Crippen LogP contribution in [0.2, 0.25) is 0 Å². The van der Waals surface area contributed by atoms with Crippen molar-refractivity contribution in [1.82, 2.24) is 4.57 Å². The molecule has 0 radical (unpaired) electrons. The molecule has 0 bridgehead atoms. The van der Waals surface area contributed by atoms with E-state index in [9.17, 15) is 19.1 Å². The number of carboxylic acid groups (broad SMARTS) is 1. The lowest BCUT2D eigenvalue weighted by molar-refractivity contribution is -0.922. The molecule has 0 amide bonds. The van der Waals surface area contributed by atoms with Crippen molar-refractivity contribution in [2.45, 2.75) is 31.3 Å². The summed E-state index contributed by atoms with van der Waals surface area (Å²) >= 11 is 0. The van der Waals surface area contributed by atoms with E-state index in [0.29, 0.717) is 17.6 Å². The van der Waals surface area contributed by atoms with Gasteiger partial charge in [-0.15, -0.1) is 0 Å². The normalized spacial score (nSPS) is 18.3. The Balaban J connectivity index is 0.00000240. The minimum absolute atomic E-state index is 0. The molecule has 0 unspecified atom stereocenters. The average Bonchev–Trinajstić information content (AvgIpc) is 3.37. The summed E-state index contributed by atoms with van der Waals surface area (Å²) in [5.41, 5.74) is -1.61. The third-order valence-electron chi connectivity index (χ3n) is 6.35. The van der Waals surface area contributed by atoms with Gasteiger partial charge in [-0.05, 0) is 25.8 Å². The number of benzene rings is 1. The van der Waals surface area contributed by atoms with Crippen molar-refractivity contribution in [3.8, 4) is 0 Å². The van der Waals surface area contributed by atoms with Gasteiger partial charge in [0.05, 0.1) is 45.1 Å². The van der Waals surface area contributed by atoms with E-state index >= 15 is 4.39 Å². The Bertz CT molecular complexity index is 1070. The zero-order valence-corrected chi connectivity index (χ0v) is 19.0. The maximum atomic E-state index is 15.5. The molecular weight excluding hydrogens is 495 g/mol. The van der Waals surface area contributed by atoms with E-state index in [0.717, 1.165) is 18.9 Å². The minimum atomic E-state index is -1.40. The number of quaternary nitrogens is 1. The van der Waals surface area contributed by atoms with Crippen LogP contribution in [0.15, 0.2) is 17.1 Å². The Hall–Kier alpha value is -1.75. The quantitative estimate of drug-likeness (QED) is 0.442. The number of fused-ring (bicyclic) bond motifs is 1. The summed E-state index contributed by atoms with van der Waals surface area (Å²) in [4.78, 5) is 25.6. The lowest BCUT2D eigenvalue weighted by Crippen LogP contribution is -3.00. The highest BCUT2D eigenvalue weighted by Gasteiger charge is 2.50. The van der Waals surface area contributed by atoms with Crippen molar-refractivity contribution in [2.75, 3.05) is 39.1 Å². The first-order valence-corrected chi connectivity index (χ1v) is 9.31. The standard InChI is InChI=1S/C20H23F2N3O3.HI/c1-20(25(2,3)4)9-23(10-20)17-14(21)7-12-16(15(17)22)24(11-5-6-11)8-13(18(12)26)19(27)28;/h7-8,11H,5-6,9-10H2,1-4H3;1H. The zero-order valence-electron chi connectivity index (χ0n) is 16.8. The summed E-state index contributed by atoms with van der Waals surface area (Å²) in [5.74, 6) is -3.03. The molecule has 1 aromatic carbocycles. The second kappa shape index (κ2) is 6.90. The van der Waals surface area contributed by atoms with E-state index < -0.39 is 28.6 Å². The van der Waals surface area contributed by atoms with Gasteiger partial charge in [-0.25, -0.2) is 13.6 Å². The SMILES string of the molecule is CC1([N+](C)(C)C)CN(c2c(F)cc3c(=O)c(C(=O)O)cn(C4CC4)c3c2F)C1.[I-]. The molecule has 2 aliphatic rings. The van der Waals surface area contributed by atoms with Gasteiger partial charge >= 0.3 is 5.97 Å². The van der Waals surface area contributed by atoms with E-state index in [4.69, 9.17) is 0 Å². The number of aromatic carboxylic acids is 1. The van der Waals surface area contributed by atoms with Gasteiger partial charge in [0.1, 0.15) is 22.6 Å². The summed E-state index contributed by atoms with van der Waals surface area (Å²) in [7, 11) is 6.13. The number of pyridine rings is 1. The number of aromatic nitrogens is 1. The lowest BCUT2D eigenvalue weighted by atomic mass is 9.88. The number of anilines is 1. The number of hydrogen-bond acceptors (Lipinski definition) is 3. The third kappa shape index (κ3) is 3.31. The largest absolute Gasteiger partial charge is 1.00 e. The Kier molecular flexibility index (Phi) is 5.22. The molecule has 6 nitrogen and oxygen atoms in total. The smallest absolute Gasteiger partial charge is 0.341 e. The van der Waals surface area contributed by atoms with Gasteiger partial charge in [-0.2, -0.15) is 0 Å². The molecule has 2 aromatic rings. The molecule has 4 rings (SSSR count). The van der Waals surface area contributed by atoms with E-state index in [-0.39, 0.29) is 52.1 Å². The number of rotatable bonds is 4. The molecule has 0 atom stereocenters. The summed E-state index contributed by atoms with van der Waals surface area (Å²) in [6.45, 7) is 3.03. The van der Waals surface area contributed by atoms with Gasteiger partial charge in [0, 0.05) is 12.2 Å². The Morgan fingerprint density at radius 2 is 1.83 bits per heavy atom. The molecule has 29 heavy (non-hydrogen) atoms. The summed E-state index contributed by atoms with van der Waals surface area (Å²) < 4.78 is 32.6. The van der Waals surface area contributed by atoms with Crippen LogP contribution in [0.25, 0.3) is 10.9 Å². The Labute approximate surface area is 184 Å². The van der Waals surface area contributed by atoms with Crippen molar-refractivity contribution in [1.29, 1.82) is 0 Å². The second-order valence-corrected chi connectivity index (χ2v) is 9.10. The molecule has 1 aromatic heterocycles. The second-order valence-electron chi connectivity index (χ2n) is 9.10. The highest BCUT2D eigenvalue weighted by atomic mass is 127. The first-order valence-electron chi connectivity index (χ1n) is 9.31. The monoisotopic (exact) mass is 519 g/mol. The summed E-state index contributed by atoms with van der Waals surface area (Å²) in [6, 6.07) is 0.921. The number of hydrogen-bond donors (Lipinski definition) is 1. The molecule has 1 aliphatic carbocycles. The van der Waals surface area contributed by atoms with Crippen LogP contribution in [0.5, 0.6) is 0 Å². The average molecular weight is 519 g/mol. The molecule has 9 heteroatoms. The molecule has 1 N–H and O–H groups in total. The first kappa shape index (κ1) is 21.9. The van der Waals surface area contributed by atoms with Gasteiger partial charge in [0.15, 0.2) is 5.82 Å². The molecule has 158 valence electrons. The summed E-state index contributed by atoms with van der Waals surface area (Å²) in [5, 5.41) is 9.08. The predicted octanol–water partition coefficient (Wildman–Crippen LogP) is -0.398. The van der Waals surface area contributed by atoms with Gasteiger partial charge in [-0.1, -0.05) is 0 Å².